The minimum atomic E-state index is -8.33. The minimum Gasteiger partial charge on any atom is -0.194 e. The molecule has 27 heteroatoms. The topological polar surface area (TPSA) is 0 Å². The largest absolute Gasteiger partial charge is 0.460 e. The Morgan fingerprint density at radius 1 is 0.333 bits per heavy atom. The summed E-state index contributed by atoms with van der Waals surface area (Å²) in [6, 6.07) is -4.33. The minimum absolute atomic E-state index is 0.210. The van der Waals surface area contributed by atoms with E-state index in [1.54, 1.807) is 0 Å². The van der Waals surface area contributed by atoms with E-state index < -0.39 is 112 Å². The van der Waals surface area contributed by atoms with Gasteiger partial charge in [0.15, 0.2) is 0 Å². The van der Waals surface area contributed by atoms with E-state index in [1.807, 2.05) is 0 Å². The lowest BCUT2D eigenvalue weighted by Gasteiger charge is -2.39. The van der Waals surface area contributed by atoms with Crippen LogP contribution >= 0.6 is 0 Å². The first kappa shape index (κ1) is 43.4. The van der Waals surface area contributed by atoms with Crippen LogP contribution in [0.1, 0.15) is 36.1 Å². The van der Waals surface area contributed by atoms with E-state index in [1.165, 1.54) is 0 Å². The number of hydrogen-bond donors (Lipinski definition) is 0. The highest BCUT2D eigenvalue weighted by molar-refractivity contribution is 5.53. The summed E-state index contributed by atoms with van der Waals surface area (Å²) in [6.07, 6.45) is -23.7. The Balaban J connectivity index is 4.77. The van der Waals surface area contributed by atoms with Gasteiger partial charge in [-0.3, -0.25) is 0 Å². The molecule has 0 saturated carbocycles. The highest BCUT2D eigenvalue weighted by Crippen LogP contribution is 2.63. The molecule has 0 aliphatic carbocycles. The zero-order valence-corrected chi connectivity index (χ0v) is 21.9. The van der Waals surface area contributed by atoms with Gasteiger partial charge in [0.05, 0.1) is 0 Å². The van der Waals surface area contributed by atoms with Crippen molar-refractivity contribution in [1.82, 2.24) is 0 Å². The Bertz CT molecular complexity index is 1260. The fraction of sp³-hybridized carbons (Fsp3) is 0.667. The monoisotopic (exact) mass is 773 g/mol. The predicted molar refractivity (Wildman–Crippen MR) is 99.7 cm³/mol. The van der Waals surface area contributed by atoms with Crippen molar-refractivity contribution in [3.8, 4) is 0 Å². The van der Waals surface area contributed by atoms with E-state index in [9.17, 15) is 119 Å². The molecule has 1 rings (SSSR count). The summed E-state index contributed by atoms with van der Waals surface area (Å²) < 4.78 is 367. The second-order valence-corrected chi connectivity index (χ2v) is 9.61. The molecule has 0 aliphatic rings. The van der Waals surface area contributed by atoms with Crippen LogP contribution in [0.25, 0.3) is 0 Å². The number of benzene rings is 1. The van der Waals surface area contributed by atoms with Crippen LogP contribution in [-0.4, -0.2) is 54.1 Å². The van der Waals surface area contributed by atoms with E-state index in [0.717, 1.165) is 0 Å². The van der Waals surface area contributed by atoms with Gasteiger partial charge in [-0.15, -0.1) is 0 Å². The van der Waals surface area contributed by atoms with Gasteiger partial charge in [-0.05, 0) is 23.6 Å². The molecule has 1 aromatic carbocycles. The van der Waals surface area contributed by atoms with Gasteiger partial charge >= 0.3 is 71.8 Å². The molecular weight excluding hydrogens is 765 g/mol. The van der Waals surface area contributed by atoms with E-state index in [0.29, 0.717) is 0 Å². The zero-order valence-electron chi connectivity index (χ0n) is 21.9. The molecule has 0 N–H and O–H groups in total. The van der Waals surface area contributed by atoms with Crippen molar-refractivity contribution < 1.29 is 119 Å². The van der Waals surface area contributed by atoms with Crippen molar-refractivity contribution in [1.29, 1.82) is 0 Å². The molecule has 0 nitrogen and oxygen atoms in total. The first-order valence-electron chi connectivity index (χ1n) is 11.0. The Morgan fingerprint density at radius 2 is 0.542 bits per heavy atom. The van der Waals surface area contributed by atoms with Crippen LogP contribution in [-0.2, 0) is 17.8 Å². The van der Waals surface area contributed by atoms with Gasteiger partial charge in [-0.25, -0.2) is 0 Å². The van der Waals surface area contributed by atoms with Gasteiger partial charge in [-0.1, -0.05) is 13.8 Å². The highest BCUT2D eigenvalue weighted by Gasteiger charge is 2.85. The Hall–Kier alpha value is -2.67. The van der Waals surface area contributed by atoms with Crippen LogP contribution < -0.4 is 0 Å². The van der Waals surface area contributed by atoms with Gasteiger partial charge in [0.2, 0.25) is 0 Å². The molecule has 0 bridgehead atoms. The van der Waals surface area contributed by atoms with Crippen molar-refractivity contribution in [2.75, 3.05) is 0 Å². The van der Waals surface area contributed by atoms with Crippen LogP contribution in [0, 0.1) is 5.92 Å². The third kappa shape index (κ3) is 5.74. The maximum absolute atomic E-state index is 14.9. The van der Waals surface area contributed by atoms with Crippen LogP contribution in [0.2, 0.25) is 0 Å². The first-order chi connectivity index (χ1) is 20.4. The summed E-state index contributed by atoms with van der Waals surface area (Å²) in [7, 11) is 0. The SMILES string of the molecule is C[C](C)c1c(C(F)(F)C(F)(F)C(F)(F)C(F)(F)F)cc(C(F)(F)C(F)(F)C(F)(F)C(F)(F)F)cc1C(F)(F)C(F)(F)C(F)(F)C(F)(F)F. The summed E-state index contributed by atoms with van der Waals surface area (Å²) in [5.74, 6) is -75.4. The van der Waals surface area contributed by atoms with Crippen LogP contribution in [0.5, 0.6) is 0 Å². The highest BCUT2D eigenvalue weighted by atomic mass is 19.4. The quantitative estimate of drug-likeness (QED) is 0.208. The Labute approximate surface area is 245 Å². The lowest BCUT2D eigenvalue weighted by molar-refractivity contribution is -0.401. The molecule has 0 saturated heterocycles. The third-order valence-corrected chi connectivity index (χ3v) is 6.11. The number of halogens is 27. The van der Waals surface area contributed by atoms with Crippen LogP contribution in [0.15, 0.2) is 12.1 Å². The summed E-state index contributed by atoms with van der Waals surface area (Å²) >= 11 is 0. The smallest absolute Gasteiger partial charge is 0.194 e. The standard InChI is InChI=1S/C21H8F27/c1-5(2)9-7(11(24,25)14(30,31)17(36,37)20(43,44)45)3-6(10(22,23)13(28,29)16(34,35)19(40,41)42)4-8(9)12(26,27)15(32,33)18(38,39)21(46,47)48/h3-4H,1-2H3. The number of rotatable bonds is 10. The number of alkyl halides is 27. The maximum Gasteiger partial charge on any atom is 0.460 e. The van der Waals surface area contributed by atoms with Crippen molar-refractivity contribution in [3.05, 3.63) is 40.3 Å². The van der Waals surface area contributed by atoms with Crippen LogP contribution in [0.3, 0.4) is 0 Å². The van der Waals surface area contributed by atoms with Crippen molar-refractivity contribution in [2.45, 2.75) is 85.7 Å². The molecule has 0 fully saturated rings. The Kier molecular flexibility index (Phi) is 10.1. The van der Waals surface area contributed by atoms with Gasteiger partial charge in [0.25, 0.3) is 0 Å². The molecule has 48 heavy (non-hydrogen) atoms. The molecule has 0 heterocycles. The van der Waals surface area contributed by atoms with Gasteiger partial charge in [-0.2, -0.15) is 119 Å². The first-order valence-corrected chi connectivity index (χ1v) is 11.0. The van der Waals surface area contributed by atoms with E-state index in [-0.39, 0.29) is 13.8 Å². The average molecular weight is 773 g/mol. The maximum atomic E-state index is 14.9. The van der Waals surface area contributed by atoms with Gasteiger partial charge in [0.1, 0.15) is 0 Å². The van der Waals surface area contributed by atoms with E-state index in [2.05, 4.69) is 0 Å². The number of hydrogen-bond acceptors (Lipinski definition) is 0. The third-order valence-electron chi connectivity index (χ3n) is 6.11. The molecule has 0 unspecified atom stereocenters. The molecule has 0 atom stereocenters. The zero-order chi connectivity index (χ0) is 39.3. The molecule has 1 aromatic rings. The lowest BCUT2D eigenvalue weighted by atomic mass is 9.79. The summed E-state index contributed by atoms with van der Waals surface area (Å²) in [5, 5.41) is 0. The van der Waals surface area contributed by atoms with E-state index >= 15 is 0 Å². The molecule has 0 aliphatic heterocycles. The van der Waals surface area contributed by atoms with Crippen molar-refractivity contribution >= 4 is 0 Å². The average Bonchev–Trinajstić information content (AvgIpc) is 2.84. The summed E-state index contributed by atoms with van der Waals surface area (Å²) in [6.45, 7) is -0.419. The molecule has 1 radical (unpaired) electrons. The second kappa shape index (κ2) is 11.2. The normalized spacial score (nSPS) is 16.2. The fourth-order valence-electron chi connectivity index (χ4n) is 3.50. The summed E-state index contributed by atoms with van der Waals surface area (Å²) in [5.41, 5.74) is -16.1. The lowest BCUT2D eigenvalue weighted by Crippen LogP contribution is -2.61. The van der Waals surface area contributed by atoms with Crippen LogP contribution in [0.4, 0.5) is 119 Å². The van der Waals surface area contributed by atoms with Crippen molar-refractivity contribution in [2.24, 2.45) is 0 Å². The molecule has 0 aromatic heterocycles. The molecule has 281 valence electrons. The summed E-state index contributed by atoms with van der Waals surface area (Å²) in [4.78, 5) is 0. The van der Waals surface area contributed by atoms with Gasteiger partial charge < -0.3 is 0 Å². The van der Waals surface area contributed by atoms with Crippen molar-refractivity contribution in [3.63, 3.8) is 0 Å². The molecule has 0 amide bonds. The Morgan fingerprint density at radius 3 is 0.729 bits per heavy atom. The predicted octanol–water partition coefficient (Wildman–Crippen LogP) is 11.4. The van der Waals surface area contributed by atoms with Gasteiger partial charge in [0, 0.05) is 16.7 Å². The fourth-order valence-corrected chi connectivity index (χ4v) is 3.50. The molecule has 0 spiro atoms. The van der Waals surface area contributed by atoms with E-state index in [4.69, 9.17) is 0 Å². The molecular formula is C21H8F27. The second-order valence-electron chi connectivity index (χ2n) is 9.61.